The number of aryl methyl sites for hydroxylation is 1. The molecule has 2 aromatic rings. The molecule has 0 bridgehead atoms. The van der Waals surface area contributed by atoms with Crippen LogP contribution in [-0.2, 0) is 11.3 Å². The molecule has 0 fully saturated rings. The minimum absolute atomic E-state index is 0.110. The summed E-state index contributed by atoms with van der Waals surface area (Å²) in [6.45, 7) is 2.57. The number of hydrogen-bond donors (Lipinski definition) is 3. The number of H-pyrrole nitrogens is 1. The molecule has 1 aromatic carbocycles. The largest absolute Gasteiger partial charge is 0.484 e. The monoisotopic (exact) mass is 260 g/mol. The lowest BCUT2D eigenvalue weighted by Gasteiger charge is -2.07. The zero-order chi connectivity index (χ0) is 13.7. The molecule has 0 aliphatic carbocycles. The third-order valence-corrected chi connectivity index (χ3v) is 2.65. The van der Waals surface area contributed by atoms with E-state index in [-0.39, 0.29) is 6.61 Å². The van der Waals surface area contributed by atoms with Crippen molar-refractivity contribution in [2.75, 3.05) is 11.9 Å². The normalized spacial score (nSPS) is 10.2. The van der Waals surface area contributed by atoms with Crippen LogP contribution in [0.15, 0.2) is 30.5 Å². The number of nitrogens with one attached hydrogen (secondary N) is 2. The number of hydrogen-bond acceptors (Lipinski definition) is 4. The number of rotatable bonds is 6. The molecule has 0 unspecified atom stereocenters. The first-order valence-electron chi connectivity index (χ1n) is 5.89. The summed E-state index contributed by atoms with van der Waals surface area (Å²) in [5, 5.41) is 10.1. The SMILES string of the molecule is Cc1[nH]ncc1CNc1ccc(OCC(N)=O)cc1. The van der Waals surface area contributed by atoms with Crippen LogP contribution in [0.2, 0.25) is 0 Å². The molecule has 0 radical (unpaired) electrons. The maximum Gasteiger partial charge on any atom is 0.255 e. The molecule has 19 heavy (non-hydrogen) atoms. The minimum atomic E-state index is -0.488. The lowest BCUT2D eigenvalue weighted by molar-refractivity contribution is -0.119. The van der Waals surface area contributed by atoms with Crippen LogP contribution in [0.1, 0.15) is 11.3 Å². The van der Waals surface area contributed by atoms with Crippen molar-refractivity contribution in [2.45, 2.75) is 13.5 Å². The molecule has 0 aliphatic rings. The van der Waals surface area contributed by atoms with Gasteiger partial charge in [0, 0.05) is 23.5 Å². The van der Waals surface area contributed by atoms with Gasteiger partial charge >= 0.3 is 0 Å². The average molecular weight is 260 g/mol. The van der Waals surface area contributed by atoms with Crippen LogP contribution in [0.3, 0.4) is 0 Å². The fourth-order valence-electron chi connectivity index (χ4n) is 1.57. The van der Waals surface area contributed by atoms with Crippen LogP contribution in [0.5, 0.6) is 5.75 Å². The predicted molar refractivity (Wildman–Crippen MR) is 71.8 cm³/mol. The fraction of sp³-hybridized carbons (Fsp3) is 0.231. The van der Waals surface area contributed by atoms with E-state index in [4.69, 9.17) is 10.5 Å². The van der Waals surface area contributed by atoms with E-state index in [0.717, 1.165) is 16.9 Å². The first-order chi connectivity index (χ1) is 9.15. The Hall–Kier alpha value is -2.50. The Labute approximate surface area is 111 Å². The highest BCUT2D eigenvalue weighted by atomic mass is 16.5. The Bertz CT molecular complexity index is 548. The van der Waals surface area contributed by atoms with Crippen LogP contribution < -0.4 is 15.8 Å². The molecule has 6 heteroatoms. The second kappa shape index (κ2) is 5.90. The lowest BCUT2D eigenvalue weighted by Crippen LogP contribution is -2.19. The minimum Gasteiger partial charge on any atom is -0.484 e. The lowest BCUT2D eigenvalue weighted by atomic mass is 10.2. The summed E-state index contributed by atoms with van der Waals surface area (Å²) in [5.74, 6) is 0.126. The Morgan fingerprint density at radius 2 is 2.16 bits per heavy atom. The Kier molecular flexibility index (Phi) is 4.02. The van der Waals surface area contributed by atoms with Gasteiger partial charge in [0.05, 0.1) is 6.20 Å². The number of primary amides is 1. The van der Waals surface area contributed by atoms with Gasteiger partial charge in [-0.25, -0.2) is 0 Å². The molecule has 2 rings (SSSR count). The third-order valence-electron chi connectivity index (χ3n) is 2.65. The van der Waals surface area contributed by atoms with Crippen molar-refractivity contribution in [3.05, 3.63) is 41.7 Å². The Morgan fingerprint density at radius 1 is 1.42 bits per heavy atom. The number of aromatic nitrogens is 2. The average Bonchev–Trinajstić information content (AvgIpc) is 2.81. The maximum atomic E-state index is 10.6. The second-order valence-electron chi connectivity index (χ2n) is 4.15. The number of benzene rings is 1. The molecule has 6 nitrogen and oxygen atoms in total. The second-order valence-corrected chi connectivity index (χ2v) is 4.15. The summed E-state index contributed by atoms with van der Waals surface area (Å²) in [4.78, 5) is 10.6. The van der Waals surface area contributed by atoms with Gasteiger partial charge in [0.2, 0.25) is 0 Å². The number of ether oxygens (including phenoxy) is 1. The van der Waals surface area contributed by atoms with Crippen LogP contribution in [-0.4, -0.2) is 22.7 Å². The molecule has 0 saturated heterocycles. The van der Waals surface area contributed by atoms with Crippen molar-refractivity contribution in [3.63, 3.8) is 0 Å². The molecule has 1 aromatic heterocycles. The summed E-state index contributed by atoms with van der Waals surface area (Å²) < 4.78 is 5.17. The molecule has 0 spiro atoms. The highest BCUT2D eigenvalue weighted by Crippen LogP contribution is 2.16. The van der Waals surface area contributed by atoms with Gasteiger partial charge in [-0.2, -0.15) is 5.10 Å². The molecular weight excluding hydrogens is 244 g/mol. The maximum absolute atomic E-state index is 10.6. The smallest absolute Gasteiger partial charge is 0.255 e. The van der Waals surface area contributed by atoms with Gasteiger partial charge in [-0.15, -0.1) is 0 Å². The third kappa shape index (κ3) is 3.74. The zero-order valence-electron chi connectivity index (χ0n) is 10.6. The van der Waals surface area contributed by atoms with E-state index >= 15 is 0 Å². The summed E-state index contributed by atoms with van der Waals surface area (Å²) in [6, 6.07) is 7.33. The van der Waals surface area contributed by atoms with Crippen molar-refractivity contribution in [2.24, 2.45) is 5.73 Å². The van der Waals surface area contributed by atoms with E-state index in [1.165, 1.54) is 0 Å². The zero-order valence-corrected chi connectivity index (χ0v) is 10.6. The Morgan fingerprint density at radius 3 is 2.74 bits per heavy atom. The van der Waals surface area contributed by atoms with E-state index in [1.807, 2.05) is 19.1 Å². The summed E-state index contributed by atoms with van der Waals surface area (Å²) in [7, 11) is 0. The van der Waals surface area contributed by atoms with Crippen molar-refractivity contribution in [1.29, 1.82) is 0 Å². The van der Waals surface area contributed by atoms with Crippen molar-refractivity contribution in [1.82, 2.24) is 10.2 Å². The van der Waals surface area contributed by atoms with E-state index in [1.54, 1.807) is 18.3 Å². The van der Waals surface area contributed by atoms with Crippen LogP contribution in [0, 0.1) is 6.92 Å². The molecule has 4 N–H and O–H groups in total. The molecule has 1 heterocycles. The standard InChI is InChI=1S/C13H16N4O2/c1-9-10(7-16-17-9)6-15-11-2-4-12(5-3-11)19-8-13(14)18/h2-5,7,15H,6,8H2,1H3,(H2,14,18)(H,16,17). The summed E-state index contributed by atoms with van der Waals surface area (Å²) >= 11 is 0. The predicted octanol–water partition coefficient (Wildman–Crippen LogP) is 1.19. The van der Waals surface area contributed by atoms with Gasteiger partial charge in [0.15, 0.2) is 6.61 Å². The quantitative estimate of drug-likeness (QED) is 0.727. The molecule has 100 valence electrons. The highest BCUT2D eigenvalue weighted by Gasteiger charge is 2.01. The van der Waals surface area contributed by atoms with Crippen molar-refractivity contribution < 1.29 is 9.53 Å². The number of aromatic amines is 1. The number of nitrogens with two attached hydrogens (primary N) is 1. The molecule has 1 amide bonds. The van der Waals surface area contributed by atoms with E-state index in [0.29, 0.717) is 12.3 Å². The topological polar surface area (TPSA) is 93.0 Å². The molecule has 0 atom stereocenters. The molecule has 0 saturated carbocycles. The highest BCUT2D eigenvalue weighted by molar-refractivity contribution is 5.75. The number of nitrogens with zero attached hydrogens (tertiary/aromatic N) is 1. The Balaban J connectivity index is 1.88. The summed E-state index contributed by atoms with van der Waals surface area (Å²) in [5.41, 5.74) is 8.14. The van der Waals surface area contributed by atoms with Gasteiger partial charge in [-0.3, -0.25) is 9.89 Å². The number of carbonyl (C=O) groups is 1. The van der Waals surface area contributed by atoms with E-state index < -0.39 is 5.91 Å². The van der Waals surface area contributed by atoms with Crippen LogP contribution >= 0.6 is 0 Å². The van der Waals surface area contributed by atoms with Gasteiger partial charge in [-0.1, -0.05) is 0 Å². The molecular formula is C13H16N4O2. The number of anilines is 1. The van der Waals surface area contributed by atoms with Gasteiger partial charge < -0.3 is 15.8 Å². The van der Waals surface area contributed by atoms with Crippen molar-refractivity contribution in [3.8, 4) is 5.75 Å². The van der Waals surface area contributed by atoms with Gasteiger partial charge in [0.1, 0.15) is 5.75 Å². The summed E-state index contributed by atoms with van der Waals surface area (Å²) in [6.07, 6.45) is 1.80. The number of amides is 1. The number of carbonyl (C=O) groups excluding carboxylic acids is 1. The first kappa shape index (κ1) is 12.9. The van der Waals surface area contributed by atoms with Crippen LogP contribution in [0.25, 0.3) is 0 Å². The van der Waals surface area contributed by atoms with E-state index in [9.17, 15) is 4.79 Å². The van der Waals surface area contributed by atoms with Gasteiger partial charge in [0.25, 0.3) is 5.91 Å². The van der Waals surface area contributed by atoms with E-state index in [2.05, 4.69) is 15.5 Å². The van der Waals surface area contributed by atoms with Crippen LogP contribution in [0.4, 0.5) is 5.69 Å². The first-order valence-corrected chi connectivity index (χ1v) is 5.89. The van der Waals surface area contributed by atoms with Crippen molar-refractivity contribution >= 4 is 11.6 Å². The fourth-order valence-corrected chi connectivity index (χ4v) is 1.57. The van der Waals surface area contributed by atoms with Gasteiger partial charge in [-0.05, 0) is 31.2 Å². The molecule has 0 aliphatic heterocycles.